The van der Waals surface area contributed by atoms with Crippen molar-refractivity contribution in [2.45, 2.75) is 0 Å². The third-order valence-corrected chi connectivity index (χ3v) is 3.26. The summed E-state index contributed by atoms with van der Waals surface area (Å²) in [6, 6.07) is 13.9. The molecule has 1 aromatic heterocycles. The van der Waals surface area contributed by atoms with Crippen LogP contribution in [0, 0.1) is 5.82 Å². The number of halogens is 2. The van der Waals surface area contributed by atoms with Gasteiger partial charge >= 0.3 is 0 Å². The number of aromatic nitrogens is 2. The van der Waals surface area contributed by atoms with Gasteiger partial charge in [0.1, 0.15) is 10.4 Å². The van der Waals surface area contributed by atoms with E-state index in [0.717, 1.165) is 21.1 Å². The summed E-state index contributed by atoms with van der Waals surface area (Å²) < 4.78 is 13.6. The lowest BCUT2D eigenvalue weighted by atomic mass is 10.2. The summed E-state index contributed by atoms with van der Waals surface area (Å²) in [6.07, 6.45) is 0. The van der Waals surface area contributed by atoms with Gasteiger partial charge in [-0.05, 0) is 46.3 Å². The first-order chi connectivity index (χ1) is 8.74. The summed E-state index contributed by atoms with van der Waals surface area (Å²) in [4.78, 5) is 8.86. The van der Waals surface area contributed by atoms with Gasteiger partial charge in [0.05, 0.1) is 5.52 Å². The van der Waals surface area contributed by atoms with Crippen molar-refractivity contribution in [2.75, 3.05) is 0 Å². The average molecular weight is 303 g/mol. The molecule has 0 saturated heterocycles. The van der Waals surface area contributed by atoms with Gasteiger partial charge in [0.2, 0.25) is 0 Å². The van der Waals surface area contributed by atoms with E-state index in [4.69, 9.17) is 0 Å². The van der Waals surface area contributed by atoms with Crippen molar-refractivity contribution < 1.29 is 4.39 Å². The fourth-order valence-corrected chi connectivity index (χ4v) is 2.27. The summed E-state index contributed by atoms with van der Waals surface area (Å²) in [5.74, 6) is 0.319. The SMILES string of the molecule is Fc1ccc(-c2nc(Br)c3ccccc3n2)cc1. The highest BCUT2D eigenvalue weighted by Gasteiger charge is 2.07. The van der Waals surface area contributed by atoms with Gasteiger partial charge in [0.15, 0.2) is 5.82 Å². The van der Waals surface area contributed by atoms with Gasteiger partial charge in [-0.15, -0.1) is 0 Å². The van der Waals surface area contributed by atoms with Crippen LogP contribution < -0.4 is 0 Å². The van der Waals surface area contributed by atoms with Crippen LogP contribution in [-0.4, -0.2) is 9.97 Å². The Labute approximate surface area is 112 Å². The summed E-state index contributed by atoms with van der Waals surface area (Å²) in [5, 5.41) is 0.961. The first kappa shape index (κ1) is 11.3. The third kappa shape index (κ3) is 1.99. The molecule has 0 fully saturated rings. The average Bonchev–Trinajstić information content (AvgIpc) is 2.39. The van der Waals surface area contributed by atoms with Crippen molar-refractivity contribution >= 4 is 26.8 Å². The Morgan fingerprint density at radius 1 is 0.889 bits per heavy atom. The second kappa shape index (κ2) is 4.46. The molecule has 4 heteroatoms. The molecule has 88 valence electrons. The number of hydrogen-bond donors (Lipinski definition) is 0. The molecule has 0 spiro atoms. The van der Waals surface area contributed by atoms with Gasteiger partial charge < -0.3 is 0 Å². The molecule has 0 aliphatic rings. The summed E-state index contributed by atoms with van der Waals surface area (Å²) in [7, 11) is 0. The van der Waals surface area contributed by atoms with Gasteiger partial charge in [-0.3, -0.25) is 0 Å². The molecule has 0 saturated carbocycles. The molecule has 0 bridgehead atoms. The standard InChI is InChI=1S/C14H8BrFN2/c15-13-11-3-1-2-4-12(11)17-14(18-13)9-5-7-10(16)8-6-9/h1-8H. The molecule has 3 aromatic rings. The van der Waals surface area contributed by atoms with Crippen molar-refractivity contribution in [3.05, 3.63) is 59.0 Å². The van der Waals surface area contributed by atoms with Gasteiger partial charge in [-0.25, -0.2) is 14.4 Å². The number of para-hydroxylation sites is 1. The van der Waals surface area contributed by atoms with Crippen LogP contribution in [0.3, 0.4) is 0 Å². The second-order valence-corrected chi connectivity index (χ2v) is 4.61. The predicted molar refractivity (Wildman–Crippen MR) is 72.6 cm³/mol. The summed E-state index contributed by atoms with van der Waals surface area (Å²) in [6.45, 7) is 0. The molecule has 2 aromatic carbocycles. The number of fused-ring (bicyclic) bond motifs is 1. The maximum Gasteiger partial charge on any atom is 0.161 e. The van der Waals surface area contributed by atoms with Crippen molar-refractivity contribution in [1.82, 2.24) is 9.97 Å². The Balaban J connectivity index is 2.21. The number of hydrogen-bond acceptors (Lipinski definition) is 2. The molecule has 0 aliphatic carbocycles. The Morgan fingerprint density at radius 2 is 1.61 bits per heavy atom. The van der Waals surface area contributed by atoms with Gasteiger partial charge in [0, 0.05) is 10.9 Å². The molecule has 1 heterocycles. The maximum absolute atomic E-state index is 12.9. The Kier molecular flexibility index (Phi) is 2.80. The quantitative estimate of drug-likeness (QED) is 0.630. The topological polar surface area (TPSA) is 25.8 Å². The van der Waals surface area contributed by atoms with Crippen LogP contribution in [0.4, 0.5) is 4.39 Å². The van der Waals surface area contributed by atoms with Crippen LogP contribution in [0.2, 0.25) is 0 Å². The third-order valence-electron chi connectivity index (χ3n) is 2.66. The molecule has 0 N–H and O–H groups in total. The molecular weight excluding hydrogens is 295 g/mol. The van der Waals surface area contributed by atoms with E-state index in [0.29, 0.717) is 5.82 Å². The van der Waals surface area contributed by atoms with Crippen molar-refractivity contribution in [3.63, 3.8) is 0 Å². The Morgan fingerprint density at radius 3 is 2.39 bits per heavy atom. The number of nitrogens with zero attached hydrogens (tertiary/aromatic N) is 2. The first-order valence-corrected chi connectivity index (χ1v) is 6.21. The number of benzene rings is 2. The molecule has 3 rings (SSSR count). The lowest BCUT2D eigenvalue weighted by molar-refractivity contribution is 0.628. The van der Waals surface area contributed by atoms with Crippen LogP contribution in [-0.2, 0) is 0 Å². The largest absolute Gasteiger partial charge is 0.228 e. The van der Waals surface area contributed by atoms with Gasteiger partial charge in [0.25, 0.3) is 0 Å². The highest BCUT2D eigenvalue weighted by molar-refractivity contribution is 9.10. The highest BCUT2D eigenvalue weighted by Crippen LogP contribution is 2.24. The van der Waals surface area contributed by atoms with E-state index < -0.39 is 0 Å². The Hall–Kier alpha value is -1.81. The predicted octanol–water partition coefficient (Wildman–Crippen LogP) is 4.20. The fraction of sp³-hybridized carbons (Fsp3) is 0. The van der Waals surface area contributed by atoms with E-state index in [1.807, 2.05) is 24.3 Å². The van der Waals surface area contributed by atoms with Crippen molar-refractivity contribution in [1.29, 1.82) is 0 Å². The molecular formula is C14H8BrFN2. The number of rotatable bonds is 1. The molecule has 2 nitrogen and oxygen atoms in total. The molecule has 0 unspecified atom stereocenters. The van der Waals surface area contributed by atoms with E-state index in [1.165, 1.54) is 12.1 Å². The Bertz CT molecular complexity index is 711. The zero-order valence-corrected chi connectivity index (χ0v) is 10.9. The molecule has 0 amide bonds. The minimum atomic E-state index is -0.265. The summed E-state index contributed by atoms with van der Waals surface area (Å²) in [5.41, 5.74) is 1.65. The first-order valence-electron chi connectivity index (χ1n) is 5.42. The van der Waals surface area contributed by atoms with Crippen molar-refractivity contribution in [2.24, 2.45) is 0 Å². The fourth-order valence-electron chi connectivity index (χ4n) is 1.77. The zero-order chi connectivity index (χ0) is 12.5. The van der Waals surface area contributed by atoms with E-state index in [9.17, 15) is 4.39 Å². The smallest absolute Gasteiger partial charge is 0.161 e. The molecule has 18 heavy (non-hydrogen) atoms. The molecule has 0 radical (unpaired) electrons. The lowest BCUT2D eigenvalue weighted by Gasteiger charge is -2.04. The molecule has 0 atom stereocenters. The van der Waals surface area contributed by atoms with Crippen LogP contribution in [0.5, 0.6) is 0 Å². The van der Waals surface area contributed by atoms with Crippen LogP contribution >= 0.6 is 15.9 Å². The van der Waals surface area contributed by atoms with E-state index in [1.54, 1.807) is 12.1 Å². The second-order valence-electron chi connectivity index (χ2n) is 3.86. The van der Waals surface area contributed by atoms with Gasteiger partial charge in [-0.2, -0.15) is 0 Å². The highest BCUT2D eigenvalue weighted by atomic mass is 79.9. The minimum Gasteiger partial charge on any atom is -0.228 e. The van der Waals surface area contributed by atoms with E-state index in [2.05, 4.69) is 25.9 Å². The molecule has 0 aliphatic heterocycles. The monoisotopic (exact) mass is 302 g/mol. The van der Waals surface area contributed by atoms with Crippen LogP contribution in [0.25, 0.3) is 22.3 Å². The van der Waals surface area contributed by atoms with Gasteiger partial charge in [-0.1, -0.05) is 18.2 Å². The lowest BCUT2D eigenvalue weighted by Crippen LogP contribution is -1.92. The maximum atomic E-state index is 12.9. The zero-order valence-electron chi connectivity index (χ0n) is 9.27. The van der Waals surface area contributed by atoms with Crippen LogP contribution in [0.15, 0.2) is 53.1 Å². The van der Waals surface area contributed by atoms with E-state index >= 15 is 0 Å². The van der Waals surface area contributed by atoms with E-state index in [-0.39, 0.29) is 5.82 Å². The minimum absolute atomic E-state index is 0.265. The van der Waals surface area contributed by atoms with Crippen LogP contribution in [0.1, 0.15) is 0 Å². The summed E-state index contributed by atoms with van der Waals surface area (Å²) >= 11 is 3.43. The van der Waals surface area contributed by atoms with Crippen molar-refractivity contribution in [3.8, 4) is 11.4 Å². The normalized spacial score (nSPS) is 10.8.